The molecule has 2 aromatic rings. The zero-order valence-electron chi connectivity index (χ0n) is 11.1. The van der Waals surface area contributed by atoms with Gasteiger partial charge in [0.15, 0.2) is 0 Å². The average molecular weight is 284 g/mol. The van der Waals surface area contributed by atoms with Crippen LogP contribution in [0.3, 0.4) is 0 Å². The fourth-order valence-electron chi connectivity index (χ4n) is 1.54. The first kappa shape index (κ1) is 13.7. The molecule has 0 saturated heterocycles. The molecule has 0 aliphatic rings. The lowest BCUT2D eigenvalue weighted by atomic mass is 10.3. The topological polar surface area (TPSA) is 85.9 Å². The van der Waals surface area contributed by atoms with Gasteiger partial charge in [-0.3, -0.25) is 4.68 Å². The van der Waals surface area contributed by atoms with Gasteiger partial charge in [0.2, 0.25) is 10.0 Å². The van der Waals surface area contributed by atoms with E-state index in [1.165, 1.54) is 17.6 Å². The Morgan fingerprint density at radius 1 is 1.42 bits per heavy atom. The Bertz CT molecular complexity index is 659. The van der Waals surface area contributed by atoms with Gasteiger partial charge in [-0.25, -0.2) is 17.7 Å². The standard InChI is InChI=1S/C10H16N6O2S/c1-14-8-11-6-10(14)9-7-16(13-12-9)5-4-15(2)19(3,17)18/h6-8H,4-5H2,1-3H3. The molecule has 2 rings (SSSR count). The monoisotopic (exact) mass is 284 g/mol. The molecule has 0 aliphatic carbocycles. The summed E-state index contributed by atoms with van der Waals surface area (Å²) in [7, 11) is 0.251. The first-order chi connectivity index (χ1) is 8.88. The van der Waals surface area contributed by atoms with Crippen LogP contribution in [-0.2, 0) is 23.6 Å². The van der Waals surface area contributed by atoms with E-state index in [1.54, 1.807) is 23.4 Å². The van der Waals surface area contributed by atoms with Crippen molar-refractivity contribution in [2.75, 3.05) is 19.8 Å². The van der Waals surface area contributed by atoms with Crippen LogP contribution in [0, 0.1) is 0 Å². The van der Waals surface area contributed by atoms with Crippen molar-refractivity contribution in [3.63, 3.8) is 0 Å². The quantitative estimate of drug-likeness (QED) is 0.743. The number of hydrogen-bond donors (Lipinski definition) is 0. The smallest absolute Gasteiger partial charge is 0.211 e. The van der Waals surface area contributed by atoms with Crippen LogP contribution in [0.2, 0.25) is 0 Å². The molecule has 0 unspecified atom stereocenters. The van der Waals surface area contributed by atoms with Gasteiger partial charge in [-0.1, -0.05) is 5.21 Å². The van der Waals surface area contributed by atoms with Crippen LogP contribution >= 0.6 is 0 Å². The molecule has 0 bridgehead atoms. The second-order valence-corrected chi connectivity index (χ2v) is 6.43. The van der Waals surface area contributed by atoms with Crippen LogP contribution in [-0.4, -0.2) is 57.1 Å². The minimum atomic E-state index is -3.16. The Kier molecular flexibility index (Phi) is 3.67. The number of imidazole rings is 1. The molecule has 0 N–H and O–H groups in total. The van der Waals surface area contributed by atoms with E-state index in [0.29, 0.717) is 18.8 Å². The number of nitrogens with zero attached hydrogens (tertiary/aromatic N) is 6. The highest BCUT2D eigenvalue weighted by molar-refractivity contribution is 7.88. The maximum atomic E-state index is 11.3. The summed E-state index contributed by atoms with van der Waals surface area (Å²) in [4.78, 5) is 4.01. The van der Waals surface area contributed by atoms with Crippen LogP contribution in [0.25, 0.3) is 11.4 Å². The van der Waals surface area contributed by atoms with Crippen LogP contribution in [0.1, 0.15) is 0 Å². The van der Waals surface area contributed by atoms with Gasteiger partial charge in [0.05, 0.1) is 37.2 Å². The Morgan fingerprint density at radius 2 is 2.16 bits per heavy atom. The first-order valence-corrected chi connectivity index (χ1v) is 7.51. The van der Waals surface area contributed by atoms with Gasteiger partial charge in [0, 0.05) is 20.6 Å². The zero-order chi connectivity index (χ0) is 14.0. The lowest BCUT2D eigenvalue weighted by Crippen LogP contribution is -2.29. The number of aromatic nitrogens is 5. The molecular formula is C10H16N6O2S. The molecule has 0 fully saturated rings. The van der Waals surface area contributed by atoms with Gasteiger partial charge in [0.25, 0.3) is 0 Å². The minimum Gasteiger partial charge on any atom is -0.332 e. The summed E-state index contributed by atoms with van der Waals surface area (Å²) in [6.45, 7) is 0.807. The Labute approximate surface area is 111 Å². The SMILES string of the molecule is CN(CCn1cc(-c2cncn2C)nn1)S(C)(=O)=O. The average Bonchev–Trinajstić information content (AvgIpc) is 2.92. The molecule has 0 amide bonds. The van der Waals surface area contributed by atoms with E-state index in [9.17, 15) is 8.42 Å². The second-order valence-electron chi connectivity index (χ2n) is 4.34. The van der Waals surface area contributed by atoms with Crippen molar-refractivity contribution in [3.8, 4) is 11.4 Å². The van der Waals surface area contributed by atoms with Gasteiger partial charge in [-0.05, 0) is 0 Å². The van der Waals surface area contributed by atoms with Gasteiger partial charge in [-0.15, -0.1) is 5.10 Å². The fraction of sp³-hybridized carbons (Fsp3) is 0.500. The maximum Gasteiger partial charge on any atom is 0.211 e. The zero-order valence-corrected chi connectivity index (χ0v) is 11.9. The lowest BCUT2D eigenvalue weighted by Gasteiger charge is -2.12. The molecule has 2 aromatic heterocycles. The number of rotatable bonds is 5. The fourth-order valence-corrected chi connectivity index (χ4v) is 1.95. The normalized spacial score (nSPS) is 12.2. The van der Waals surface area contributed by atoms with E-state index in [1.807, 2.05) is 11.6 Å². The number of aryl methyl sites for hydroxylation is 1. The molecule has 0 aliphatic heterocycles. The predicted molar refractivity (Wildman–Crippen MR) is 69.7 cm³/mol. The summed E-state index contributed by atoms with van der Waals surface area (Å²) in [6, 6.07) is 0. The summed E-state index contributed by atoms with van der Waals surface area (Å²) >= 11 is 0. The van der Waals surface area contributed by atoms with Gasteiger partial charge < -0.3 is 4.57 Å². The highest BCUT2D eigenvalue weighted by Crippen LogP contribution is 2.13. The third-order valence-electron chi connectivity index (χ3n) is 2.83. The first-order valence-electron chi connectivity index (χ1n) is 5.66. The van der Waals surface area contributed by atoms with Crippen molar-refractivity contribution in [2.45, 2.75) is 6.54 Å². The van der Waals surface area contributed by atoms with Gasteiger partial charge in [-0.2, -0.15) is 0 Å². The van der Waals surface area contributed by atoms with Crippen LogP contribution in [0.15, 0.2) is 18.7 Å². The van der Waals surface area contributed by atoms with Crippen LogP contribution < -0.4 is 0 Å². The molecule has 0 radical (unpaired) electrons. The molecular weight excluding hydrogens is 268 g/mol. The van der Waals surface area contributed by atoms with Gasteiger partial charge >= 0.3 is 0 Å². The summed E-state index contributed by atoms with van der Waals surface area (Å²) in [6.07, 6.45) is 6.34. The van der Waals surface area contributed by atoms with Crippen molar-refractivity contribution in [3.05, 3.63) is 18.7 Å². The number of likely N-dealkylation sites (N-methyl/N-ethyl adjacent to an activating group) is 1. The second kappa shape index (κ2) is 5.10. The molecule has 19 heavy (non-hydrogen) atoms. The van der Waals surface area contributed by atoms with E-state index >= 15 is 0 Å². The van der Waals surface area contributed by atoms with Crippen LogP contribution in [0.5, 0.6) is 0 Å². The number of hydrogen-bond acceptors (Lipinski definition) is 5. The predicted octanol–water partition coefficient (Wildman–Crippen LogP) is -0.430. The van der Waals surface area contributed by atoms with Crippen molar-refractivity contribution >= 4 is 10.0 Å². The minimum absolute atomic E-state index is 0.354. The molecule has 0 atom stereocenters. The van der Waals surface area contributed by atoms with Crippen molar-refractivity contribution in [2.24, 2.45) is 7.05 Å². The summed E-state index contributed by atoms with van der Waals surface area (Å²) in [5, 5.41) is 8.02. The Hall–Kier alpha value is -1.74. The van der Waals surface area contributed by atoms with E-state index in [0.717, 1.165) is 5.69 Å². The summed E-state index contributed by atoms with van der Waals surface area (Å²) in [5.74, 6) is 0. The van der Waals surface area contributed by atoms with Crippen molar-refractivity contribution in [1.29, 1.82) is 0 Å². The van der Waals surface area contributed by atoms with Crippen LogP contribution in [0.4, 0.5) is 0 Å². The Morgan fingerprint density at radius 3 is 2.74 bits per heavy atom. The molecule has 104 valence electrons. The summed E-state index contributed by atoms with van der Waals surface area (Å²) < 4.78 is 27.3. The lowest BCUT2D eigenvalue weighted by molar-refractivity contribution is 0.432. The molecule has 0 saturated carbocycles. The Balaban J connectivity index is 2.05. The molecule has 0 aromatic carbocycles. The highest BCUT2D eigenvalue weighted by Gasteiger charge is 2.12. The van der Waals surface area contributed by atoms with Crippen molar-refractivity contribution < 1.29 is 8.42 Å². The molecule has 9 heteroatoms. The van der Waals surface area contributed by atoms with E-state index in [4.69, 9.17) is 0 Å². The van der Waals surface area contributed by atoms with E-state index < -0.39 is 10.0 Å². The largest absolute Gasteiger partial charge is 0.332 e. The molecule has 8 nitrogen and oxygen atoms in total. The van der Waals surface area contributed by atoms with E-state index in [2.05, 4.69) is 15.3 Å². The molecule has 0 spiro atoms. The number of sulfonamides is 1. The third kappa shape index (κ3) is 3.18. The molecule has 2 heterocycles. The summed E-state index contributed by atoms with van der Waals surface area (Å²) in [5.41, 5.74) is 1.57. The van der Waals surface area contributed by atoms with Gasteiger partial charge in [0.1, 0.15) is 5.69 Å². The maximum absolute atomic E-state index is 11.3. The third-order valence-corrected chi connectivity index (χ3v) is 4.14. The highest BCUT2D eigenvalue weighted by atomic mass is 32.2. The van der Waals surface area contributed by atoms with E-state index in [-0.39, 0.29) is 0 Å². The van der Waals surface area contributed by atoms with Crippen molar-refractivity contribution in [1.82, 2.24) is 28.9 Å².